The number of benzene rings is 1. The fraction of sp³-hybridized carbons (Fsp3) is 0.364. The van der Waals surface area contributed by atoms with Gasteiger partial charge in [-0.05, 0) is 36.6 Å². The Hall–Kier alpha value is -0.750. The molecule has 0 amide bonds. The number of hydrogen-bond acceptors (Lipinski definition) is 2. The largest absolute Gasteiger partial charge is 0.295 e. The second kappa shape index (κ2) is 4.40. The van der Waals surface area contributed by atoms with Gasteiger partial charge in [-0.1, -0.05) is 23.2 Å². The summed E-state index contributed by atoms with van der Waals surface area (Å²) in [6.07, 6.45) is 2.29. The first-order chi connectivity index (χ1) is 7.19. The molecule has 4 heteroatoms. The Morgan fingerprint density at radius 2 is 1.87 bits per heavy atom. The average molecular weight is 241 g/mol. The van der Waals surface area contributed by atoms with Gasteiger partial charge >= 0.3 is 0 Å². The summed E-state index contributed by atoms with van der Waals surface area (Å²) < 4.78 is 0. The van der Waals surface area contributed by atoms with Crippen molar-refractivity contribution in [3.63, 3.8) is 0 Å². The molecule has 1 N–H and O–H groups in total. The van der Waals surface area contributed by atoms with Gasteiger partial charge in [0.1, 0.15) is 6.04 Å². The van der Waals surface area contributed by atoms with Crippen LogP contribution in [0, 0.1) is 11.3 Å². The maximum atomic E-state index is 9.04. The Morgan fingerprint density at radius 1 is 1.27 bits per heavy atom. The molecule has 1 aromatic rings. The number of halogens is 2. The lowest BCUT2D eigenvalue weighted by Crippen LogP contribution is -2.21. The fourth-order valence-electron chi connectivity index (χ4n) is 1.44. The molecular weight excluding hydrogens is 231 g/mol. The summed E-state index contributed by atoms with van der Waals surface area (Å²) in [7, 11) is 0. The summed E-state index contributed by atoms with van der Waals surface area (Å²) in [5, 5.41) is 13.4. The molecule has 0 saturated heterocycles. The van der Waals surface area contributed by atoms with Crippen LogP contribution in [0.5, 0.6) is 0 Å². The number of nitriles is 1. The van der Waals surface area contributed by atoms with Crippen molar-refractivity contribution < 1.29 is 0 Å². The van der Waals surface area contributed by atoms with Gasteiger partial charge in [0.2, 0.25) is 0 Å². The van der Waals surface area contributed by atoms with E-state index in [4.69, 9.17) is 28.5 Å². The van der Waals surface area contributed by atoms with E-state index in [-0.39, 0.29) is 6.04 Å². The van der Waals surface area contributed by atoms with Crippen LogP contribution in [0.3, 0.4) is 0 Å². The van der Waals surface area contributed by atoms with Gasteiger partial charge in [-0.3, -0.25) is 5.32 Å². The Morgan fingerprint density at radius 3 is 2.33 bits per heavy atom. The highest BCUT2D eigenvalue weighted by atomic mass is 35.5. The molecule has 1 aliphatic carbocycles. The number of hydrogen-bond donors (Lipinski definition) is 1. The molecular formula is C11H10Cl2N2. The lowest BCUT2D eigenvalue weighted by molar-refractivity contribution is 0.626. The third kappa shape index (κ3) is 2.85. The van der Waals surface area contributed by atoms with Gasteiger partial charge in [-0.2, -0.15) is 5.26 Å². The molecule has 0 aromatic heterocycles. The molecule has 0 radical (unpaired) electrons. The van der Waals surface area contributed by atoms with Gasteiger partial charge in [0.25, 0.3) is 0 Å². The summed E-state index contributed by atoms with van der Waals surface area (Å²) in [5.41, 5.74) is 0.835. The molecule has 1 saturated carbocycles. The van der Waals surface area contributed by atoms with Crippen molar-refractivity contribution >= 4 is 23.2 Å². The predicted molar refractivity (Wildman–Crippen MR) is 61.0 cm³/mol. The molecule has 1 aliphatic rings. The summed E-state index contributed by atoms with van der Waals surface area (Å²) in [6.45, 7) is 0. The highest BCUT2D eigenvalue weighted by molar-refractivity contribution is 6.34. The third-order valence-electron chi connectivity index (χ3n) is 2.33. The maximum absolute atomic E-state index is 9.04. The van der Waals surface area contributed by atoms with E-state index >= 15 is 0 Å². The van der Waals surface area contributed by atoms with Crippen molar-refractivity contribution in [2.45, 2.75) is 24.9 Å². The second-order valence-corrected chi connectivity index (χ2v) is 4.58. The minimum atomic E-state index is -0.311. The van der Waals surface area contributed by atoms with E-state index < -0.39 is 0 Å². The Balaban J connectivity index is 2.21. The Kier molecular flexibility index (Phi) is 3.16. The van der Waals surface area contributed by atoms with E-state index in [2.05, 4.69) is 11.4 Å². The van der Waals surface area contributed by atoms with Gasteiger partial charge in [-0.15, -0.1) is 0 Å². The first-order valence-electron chi connectivity index (χ1n) is 4.80. The molecule has 1 atom stereocenters. The first kappa shape index (κ1) is 10.8. The number of rotatable bonds is 3. The van der Waals surface area contributed by atoms with Crippen LogP contribution in [0.25, 0.3) is 0 Å². The topological polar surface area (TPSA) is 35.8 Å². The summed E-state index contributed by atoms with van der Waals surface area (Å²) in [6, 6.07) is 7.60. The molecule has 0 aliphatic heterocycles. The highest BCUT2D eigenvalue weighted by Crippen LogP contribution is 2.27. The normalized spacial score (nSPS) is 17.1. The van der Waals surface area contributed by atoms with E-state index in [1.54, 1.807) is 18.2 Å². The molecule has 0 spiro atoms. The first-order valence-corrected chi connectivity index (χ1v) is 5.56. The van der Waals surface area contributed by atoms with Crippen molar-refractivity contribution in [1.82, 2.24) is 5.32 Å². The SMILES string of the molecule is N#CC(NC1CC1)c1cc(Cl)cc(Cl)c1. The highest BCUT2D eigenvalue weighted by Gasteiger charge is 2.25. The van der Waals surface area contributed by atoms with E-state index in [0.717, 1.165) is 18.4 Å². The average Bonchev–Trinajstić information content (AvgIpc) is 2.96. The molecule has 15 heavy (non-hydrogen) atoms. The van der Waals surface area contributed by atoms with E-state index in [1.165, 1.54) is 0 Å². The van der Waals surface area contributed by atoms with Crippen LogP contribution < -0.4 is 5.32 Å². The number of nitrogens with zero attached hydrogens (tertiary/aromatic N) is 1. The predicted octanol–water partition coefficient (Wildman–Crippen LogP) is 3.31. The molecule has 0 bridgehead atoms. The van der Waals surface area contributed by atoms with E-state index in [9.17, 15) is 0 Å². The van der Waals surface area contributed by atoms with Gasteiger partial charge in [0.15, 0.2) is 0 Å². The van der Waals surface area contributed by atoms with Crippen LogP contribution in [0.2, 0.25) is 10.0 Å². The molecule has 2 rings (SSSR count). The smallest absolute Gasteiger partial charge is 0.121 e. The van der Waals surface area contributed by atoms with E-state index in [1.807, 2.05) is 0 Å². The van der Waals surface area contributed by atoms with E-state index in [0.29, 0.717) is 16.1 Å². The number of nitrogens with one attached hydrogen (secondary N) is 1. The van der Waals surface area contributed by atoms with Gasteiger partial charge in [0, 0.05) is 16.1 Å². The van der Waals surface area contributed by atoms with Crippen LogP contribution in [0.1, 0.15) is 24.4 Å². The standard InChI is InChI=1S/C11H10Cl2N2/c12-8-3-7(4-9(13)5-8)11(6-14)15-10-1-2-10/h3-5,10-11,15H,1-2H2. The van der Waals surface area contributed by atoms with Crippen LogP contribution in [-0.4, -0.2) is 6.04 Å². The third-order valence-corrected chi connectivity index (χ3v) is 2.76. The van der Waals surface area contributed by atoms with Crippen LogP contribution >= 0.6 is 23.2 Å². The van der Waals surface area contributed by atoms with Crippen molar-refractivity contribution in [3.8, 4) is 6.07 Å². The fourth-order valence-corrected chi connectivity index (χ4v) is 1.98. The quantitative estimate of drug-likeness (QED) is 0.881. The minimum absolute atomic E-state index is 0.311. The monoisotopic (exact) mass is 240 g/mol. The van der Waals surface area contributed by atoms with Crippen molar-refractivity contribution in [2.24, 2.45) is 0 Å². The summed E-state index contributed by atoms with van der Waals surface area (Å²) in [5.74, 6) is 0. The molecule has 1 fully saturated rings. The Labute approximate surface area is 98.8 Å². The molecule has 78 valence electrons. The molecule has 1 aromatic carbocycles. The van der Waals surface area contributed by atoms with Crippen LogP contribution in [0.4, 0.5) is 0 Å². The van der Waals surface area contributed by atoms with Gasteiger partial charge in [-0.25, -0.2) is 0 Å². The maximum Gasteiger partial charge on any atom is 0.121 e. The zero-order valence-corrected chi connectivity index (χ0v) is 9.52. The molecule has 0 heterocycles. The molecule has 1 unspecified atom stereocenters. The van der Waals surface area contributed by atoms with Crippen LogP contribution in [0.15, 0.2) is 18.2 Å². The zero-order valence-electron chi connectivity index (χ0n) is 8.00. The summed E-state index contributed by atoms with van der Waals surface area (Å²) >= 11 is 11.8. The Bertz CT molecular complexity index is 387. The molecule has 2 nitrogen and oxygen atoms in total. The second-order valence-electron chi connectivity index (χ2n) is 3.71. The summed E-state index contributed by atoms with van der Waals surface area (Å²) in [4.78, 5) is 0. The van der Waals surface area contributed by atoms with Crippen LogP contribution in [-0.2, 0) is 0 Å². The minimum Gasteiger partial charge on any atom is -0.295 e. The lowest BCUT2D eigenvalue weighted by Gasteiger charge is -2.11. The lowest BCUT2D eigenvalue weighted by atomic mass is 10.1. The zero-order chi connectivity index (χ0) is 10.8. The van der Waals surface area contributed by atoms with Gasteiger partial charge < -0.3 is 0 Å². The van der Waals surface area contributed by atoms with Crippen molar-refractivity contribution in [2.75, 3.05) is 0 Å². The van der Waals surface area contributed by atoms with Crippen molar-refractivity contribution in [3.05, 3.63) is 33.8 Å². The van der Waals surface area contributed by atoms with Gasteiger partial charge in [0.05, 0.1) is 6.07 Å². The van der Waals surface area contributed by atoms with Crippen molar-refractivity contribution in [1.29, 1.82) is 5.26 Å².